The Hall–Kier alpha value is -3.79. The molecular formula is C30H33FN4O5. The first-order valence-electron chi connectivity index (χ1n) is 13.9. The number of benzene rings is 2. The zero-order valence-electron chi connectivity index (χ0n) is 22.5. The van der Waals surface area contributed by atoms with Crippen molar-refractivity contribution in [1.82, 2.24) is 9.80 Å². The second-order valence-electron chi connectivity index (χ2n) is 11.6. The molecular weight excluding hydrogens is 515 g/mol. The van der Waals surface area contributed by atoms with E-state index in [1.165, 1.54) is 12.1 Å². The van der Waals surface area contributed by atoms with Gasteiger partial charge in [-0.15, -0.1) is 0 Å². The summed E-state index contributed by atoms with van der Waals surface area (Å²) in [5, 5.41) is 2.87. The van der Waals surface area contributed by atoms with E-state index >= 15 is 0 Å². The second-order valence-corrected chi connectivity index (χ2v) is 11.6. The highest BCUT2D eigenvalue weighted by atomic mass is 19.1. The van der Waals surface area contributed by atoms with Crippen LogP contribution in [-0.4, -0.2) is 51.7 Å². The van der Waals surface area contributed by atoms with Gasteiger partial charge in [-0.25, -0.2) is 14.1 Å². The summed E-state index contributed by atoms with van der Waals surface area (Å²) in [5.74, 6) is -1.16. The van der Waals surface area contributed by atoms with Crippen LogP contribution < -0.4 is 11.1 Å². The number of hydrogen-bond donors (Lipinski definition) is 2. The van der Waals surface area contributed by atoms with Gasteiger partial charge in [0.1, 0.15) is 12.4 Å². The Morgan fingerprint density at radius 3 is 2.52 bits per heavy atom. The first kappa shape index (κ1) is 26.4. The molecule has 10 heteroatoms. The number of fused-ring (bicyclic) bond motifs is 2. The first-order chi connectivity index (χ1) is 19.1. The lowest BCUT2D eigenvalue weighted by molar-refractivity contribution is -0.143. The van der Waals surface area contributed by atoms with Gasteiger partial charge in [0.15, 0.2) is 0 Å². The molecule has 6 rings (SSSR count). The molecule has 3 aliphatic carbocycles. The Morgan fingerprint density at radius 2 is 1.88 bits per heavy atom. The summed E-state index contributed by atoms with van der Waals surface area (Å²) in [6, 6.07) is 11.0. The van der Waals surface area contributed by atoms with Crippen LogP contribution in [0.15, 0.2) is 42.5 Å². The van der Waals surface area contributed by atoms with Crippen molar-refractivity contribution in [3.8, 4) is 0 Å². The number of carbonyl (C=O) groups excluding carboxylic acids is 4. The van der Waals surface area contributed by atoms with Crippen molar-refractivity contribution in [1.29, 1.82) is 0 Å². The smallest absolute Gasteiger partial charge is 0.418 e. The molecule has 3 fully saturated rings. The van der Waals surface area contributed by atoms with Crippen molar-refractivity contribution >= 4 is 29.5 Å². The van der Waals surface area contributed by atoms with Gasteiger partial charge in [0.05, 0.1) is 5.54 Å². The summed E-state index contributed by atoms with van der Waals surface area (Å²) in [6.07, 6.45) is 4.11. The number of anilines is 1. The summed E-state index contributed by atoms with van der Waals surface area (Å²) < 4.78 is 19.1. The Labute approximate surface area is 231 Å². The van der Waals surface area contributed by atoms with Crippen molar-refractivity contribution < 1.29 is 28.3 Å². The van der Waals surface area contributed by atoms with Crippen molar-refractivity contribution in [2.24, 2.45) is 11.7 Å². The van der Waals surface area contributed by atoms with Crippen molar-refractivity contribution in [3.63, 3.8) is 0 Å². The van der Waals surface area contributed by atoms with Gasteiger partial charge in [0.25, 0.3) is 5.91 Å². The molecule has 2 aromatic rings. The number of carbonyl (C=O) groups is 4. The molecule has 1 spiro atoms. The number of imide groups is 1. The Bertz CT molecular complexity index is 1390. The highest BCUT2D eigenvalue weighted by molar-refractivity contribution is 6.06. The van der Waals surface area contributed by atoms with Crippen LogP contribution in [0.25, 0.3) is 0 Å². The Morgan fingerprint density at radius 1 is 1.15 bits per heavy atom. The SMILES string of the molecule is C[C@@H](C1CC1)N(Cc1ccc(F)cc1)C(=O)CN1C(=O)OC2(CCc3cc(NC(=O)C4(N)CCC4)ccc32)C1=O. The summed E-state index contributed by atoms with van der Waals surface area (Å²) in [5.41, 5.74) is 6.51. The van der Waals surface area contributed by atoms with Gasteiger partial charge in [-0.05, 0) is 86.8 Å². The lowest BCUT2D eigenvalue weighted by Gasteiger charge is -2.36. The minimum absolute atomic E-state index is 0.0892. The zero-order chi connectivity index (χ0) is 28.2. The van der Waals surface area contributed by atoms with Crippen LogP contribution in [0.5, 0.6) is 0 Å². The molecule has 4 amide bonds. The average Bonchev–Trinajstić information content (AvgIpc) is 3.67. The number of amides is 4. The predicted molar refractivity (Wildman–Crippen MR) is 143 cm³/mol. The minimum Gasteiger partial charge on any atom is -0.427 e. The fraction of sp³-hybridized carbons (Fsp3) is 0.467. The molecule has 1 saturated heterocycles. The minimum atomic E-state index is -1.48. The van der Waals surface area contributed by atoms with E-state index in [0.717, 1.165) is 35.3 Å². The molecule has 0 aromatic heterocycles. The van der Waals surface area contributed by atoms with Gasteiger partial charge in [-0.3, -0.25) is 14.4 Å². The third kappa shape index (κ3) is 4.54. The highest BCUT2D eigenvalue weighted by Gasteiger charge is 2.58. The van der Waals surface area contributed by atoms with Crippen LogP contribution in [0, 0.1) is 11.7 Å². The Balaban J connectivity index is 1.18. The number of ether oxygens (including phenoxy) is 1. The van der Waals surface area contributed by atoms with E-state index in [2.05, 4.69) is 5.32 Å². The van der Waals surface area contributed by atoms with E-state index in [-0.39, 0.29) is 36.6 Å². The number of nitrogens with one attached hydrogen (secondary N) is 1. The van der Waals surface area contributed by atoms with E-state index in [4.69, 9.17) is 10.5 Å². The van der Waals surface area contributed by atoms with Crippen molar-refractivity contribution in [2.45, 2.75) is 75.6 Å². The van der Waals surface area contributed by atoms with Gasteiger partial charge in [-0.1, -0.05) is 18.2 Å². The largest absolute Gasteiger partial charge is 0.427 e. The second kappa shape index (κ2) is 9.69. The van der Waals surface area contributed by atoms with Gasteiger partial charge >= 0.3 is 6.09 Å². The maximum Gasteiger partial charge on any atom is 0.418 e. The van der Waals surface area contributed by atoms with Crippen LogP contribution in [0.3, 0.4) is 0 Å². The molecule has 3 N–H and O–H groups in total. The standard InChI is InChI=1S/C30H33FN4O5/c1-18(20-5-6-20)34(16-19-3-7-22(31)8-4-19)25(36)17-35-27(38)30(40-28(35)39)14-11-21-15-23(9-10-24(21)30)33-26(37)29(32)12-2-13-29/h3-4,7-10,15,18,20H,2,5-6,11-14,16-17,32H2,1H3,(H,33,37)/t18-,30?/m0/s1. The topological polar surface area (TPSA) is 122 Å². The molecule has 0 radical (unpaired) electrons. The molecule has 9 nitrogen and oxygen atoms in total. The van der Waals surface area contributed by atoms with Crippen LogP contribution in [0.1, 0.15) is 62.1 Å². The van der Waals surface area contributed by atoms with E-state index in [0.29, 0.717) is 36.4 Å². The number of nitrogens with zero attached hydrogens (tertiary/aromatic N) is 2. The van der Waals surface area contributed by atoms with Crippen LogP contribution in [0.2, 0.25) is 0 Å². The number of rotatable bonds is 8. The molecule has 2 aromatic carbocycles. The normalized spacial score (nSPS) is 23.4. The number of aryl methyl sites for hydroxylation is 1. The molecule has 1 unspecified atom stereocenters. The number of nitrogens with two attached hydrogens (primary N) is 1. The van der Waals surface area contributed by atoms with Crippen LogP contribution in [-0.2, 0) is 37.7 Å². The zero-order valence-corrected chi connectivity index (χ0v) is 22.5. The molecule has 2 atom stereocenters. The van der Waals surface area contributed by atoms with Gasteiger partial charge in [0, 0.05) is 30.3 Å². The van der Waals surface area contributed by atoms with E-state index < -0.39 is 29.7 Å². The van der Waals surface area contributed by atoms with Crippen molar-refractivity contribution in [2.75, 3.05) is 11.9 Å². The quantitative estimate of drug-likeness (QED) is 0.520. The molecule has 40 heavy (non-hydrogen) atoms. The van der Waals surface area contributed by atoms with Crippen molar-refractivity contribution in [3.05, 3.63) is 65.0 Å². The fourth-order valence-electron chi connectivity index (χ4n) is 6.08. The van der Waals surface area contributed by atoms with Gasteiger partial charge in [-0.2, -0.15) is 0 Å². The van der Waals surface area contributed by atoms with Gasteiger partial charge in [0.2, 0.25) is 17.4 Å². The molecule has 2 saturated carbocycles. The lowest BCUT2D eigenvalue weighted by Crippen LogP contribution is -2.56. The van der Waals surface area contributed by atoms with Gasteiger partial charge < -0.3 is 20.7 Å². The number of hydrogen-bond acceptors (Lipinski definition) is 6. The van der Waals surface area contributed by atoms with E-state index in [1.54, 1.807) is 35.2 Å². The summed E-state index contributed by atoms with van der Waals surface area (Å²) >= 11 is 0. The van der Waals surface area contributed by atoms with Crippen LogP contribution in [0.4, 0.5) is 14.9 Å². The third-order valence-electron chi connectivity index (χ3n) is 8.99. The van der Waals surface area contributed by atoms with E-state index in [1.807, 2.05) is 6.92 Å². The third-order valence-corrected chi connectivity index (χ3v) is 8.99. The lowest BCUT2D eigenvalue weighted by atomic mass is 9.77. The molecule has 1 heterocycles. The maximum absolute atomic E-state index is 13.7. The highest BCUT2D eigenvalue weighted by Crippen LogP contribution is 2.46. The van der Waals surface area contributed by atoms with Crippen LogP contribution >= 0.6 is 0 Å². The summed E-state index contributed by atoms with van der Waals surface area (Å²) in [4.78, 5) is 55.4. The predicted octanol–water partition coefficient (Wildman–Crippen LogP) is 3.59. The molecule has 210 valence electrons. The fourth-order valence-corrected chi connectivity index (χ4v) is 6.08. The Kier molecular flexibility index (Phi) is 6.40. The summed E-state index contributed by atoms with van der Waals surface area (Å²) in [6.45, 7) is 1.78. The molecule has 1 aliphatic heterocycles. The number of halogens is 1. The average molecular weight is 549 g/mol. The first-order valence-corrected chi connectivity index (χ1v) is 13.9. The maximum atomic E-state index is 13.7. The summed E-state index contributed by atoms with van der Waals surface area (Å²) in [7, 11) is 0. The van der Waals surface area contributed by atoms with E-state index in [9.17, 15) is 23.6 Å². The molecule has 4 aliphatic rings. The monoisotopic (exact) mass is 548 g/mol. The molecule has 0 bridgehead atoms.